The molecule has 0 N–H and O–H groups in total. The lowest BCUT2D eigenvalue weighted by atomic mass is 10.9. The van der Waals surface area contributed by atoms with Crippen molar-refractivity contribution in [2.75, 3.05) is 13.2 Å². The average molecular weight is 292 g/mol. The van der Waals surface area contributed by atoms with Gasteiger partial charge in [0.05, 0.1) is 13.2 Å². The summed E-state index contributed by atoms with van der Waals surface area (Å²) in [7, 11) is -2.80. The van der Waals surface area contributed by atoms with Crippen molar-refractivity contribution >= 4 is 30.2 Å². The monoisotopic (exact) mass is 292 g/mol. The zero-order chi connectivity index (χ0) is 8.91. The van der Waals surface area contributed by atoms with Crippen LogP contribution in [-0.4, -0.2) is 16.9 Å². The Morgan fingerprint density at radius 3 is 1.91 bits per heavy atom. The lowest BCUT2D eigenvalue weighted by molar-refractivity contribution is 0.220. The van der Waals surface area contributed by atoms with Gasteiger partial charge in [0.2, 0.25) is 0 Å². The number of hydrogen-bond acceptors (Lipinski definition) is 3. The molecule has 0 radical (unpaired) electrons. The highest BCUT2D eigenvalue weighted by Gasteiger charge is 2.29. The summed E-state index contributed by atoms with van der Waals surface area (Å²) in [4.78, 5) is 0. The van der Waals surface area contributed by atoms with Crippen LogP contribution in [0, 0.1) is 0 Å². The summed E-state index contributed by atoms with van der Waals surface area (Å²) in [6.07, 6.45) is 0. The fourth-order valence-corrected chi connectivity index (χ4v) is 2.77. The first-order valence-electron chi connectivity index (χ1n) is 3.59. The predicted octanol–water partition coefficient (Wildman–Crippen LogP) is 3.03. The molecule has 5 heteroatoms. The first-order valence-corrected chi connectivity index (χ1v) is 6.45. The van der Waals surface area contributed by atoms with Gasteiger partial charge in [0.1, 0.15) is 3.67 Å². The van der Waals surface area contributed by atoms with Gasteiger partial charge in [-0.15, -0.1) is 0 Å². The number of halogens is 1. The predicted molar refractivity (Wildman–Crippen MR) is 54.3 cm³/mol. The number of alkyl halides is 1. The summed E-state index contributed by atoms with van der Waals surface area (Å²) in [5.41, 5.74) is 0. The maximum absolute atomic E-state index is 11.7. The van der Waals surface area contributed by atoms with E-state index in [4.69, 9.17) is 9.05 Å². The fraction of sp³-hybridized carbons (Fsp3) is 1.00. The maximum atomic E-state index is 11.7. The first-order chi connectivity index (χ1) is 5.06. The van der Waals surface area contributed by atoms with Gasteiger partial charge in [0.25, 0.3) is 0 Å². The van der Waals surface area contributed by atoms with Gasteiger partial charge in [-0.2, -0.15) is 0 Å². The number of rotatable bonds is 5. The van der Waals surface area contributed by atoms with Crippen molar-refractivity contribution < 1.29 is 13.6 Å². The highest BCUT2D eigenvalue weighted by molar-refractivity contribution is 14.1. The summed E-state index contributed by atoms with van der Waals surface area (Å²) in [6.45, 7) is 6.32. The van der Waals surface area contributed by atoms with E-state index in [0.29, 0.717) is 13.2 Å². The van der Waals surface area contributed by atoms with Crippen LogP contribution in [0.2, 0.25) is 0 Å². The summed E-state index contributed by atoms with van der Waals surface area (Å²) in [5, 5.41) is 0. The highest BCUT2D eigenvalue weighted by atomic mass is 127. The van der Waals surface area contributed by atoms with Crippen molar-refractivity contribution in [1.29, 1.82) is 0 Å². The molecule has 0 aromatic heterocycles. The molecular formula is C6H14IO3P. The van der Waals surface area contributed by atoms with Gasteiger partial charge in [-0.1, -0.05) is 22.6 Å². The quantitative estimate of drug-likeness (QED) is 0.444. The molecule has 0 rings (SSSR count). The van der Waals surface area contributed by atoms with Crippen molar-refractivity contribution in [3.63, 3.8) is 0 Å². The molecule has 1 atom stereocenters. The number of hydrogen-bond donors (Lipinski definition) is 0. The molecule has 0 saturated heterocycles. The van der Waals surface area contributed by atoms with Crippen LogP contribution in [0.5, 0.6) is 0 Å². The minimum atomic E-state index is -2.80. The summed E-state index contributed by atoms with van der Waals surface area (Å²) >= 11 is 2.05. The molecule has 0 aliphatic heterocycles. The Balaban J connectivity index is 4.14. The van der Waals surface area contributed by atoms with Gasteiger partial charge in [-0.3, -0.25) is 4.57 Å². The zero-order valence-electron chi connectivity index (χ0n) is 7.04. The molecule has 1 unspecified atom stereocenters. The van der Waals surface area contributed by atoms with Crippen molar-refractivity contribution in [2.45, 2.75) is 24.4 Å². The standard InChI is InChI=1S/C6H14IO3P/c1-4-9-11(8,6(3)7)10-5-2/h6H,4-5H2,1-3H3. The Kier molecular flexibility index (Phi) is 5.95. The third-order valence-corrected chi connectivity index (χ3v) is 5.21. The van der Waals surface area contributed by atoms with E-state index in [0.717, 1.165) is 0 Å². The molecule has 0 aliphatic carbocycles. The van der Waals surface area contributed by atoms with Gasteiger partial charge in [0, 0.05) is 0 Å². The third-order valence-electron chi connectivity index (χ3n) is 1.05. The SMILES string of the molecule is CCOP(=O)(OCC)C(C)I. The van der Waals surface area contributed by atoms with Crippen LogP contribution in [0.25, 0.3) is 0 Å². The molecule has 0 bridgehead atoms. The Morgan fingerprint density at radius 1 is 1.36 bits per heavy atom. The minimum Gasteiger partial charge on any atom is -0.308 e. The fourth-order valence-electron chi connectivity index (χ4n) is 0.603. The molecule has 11 heavy (non-hydrogen) atoms. The average Bonchev–Trinajstić information content (AvgIpc) is 1.88. The van der Waals surface area contributed by atoms with Crippen LogP contribution >= 0.6 is 30.2 Å². The minimum absolute atomic E-state index is 0.0833. The topological polar surface area (TPSA) is 35.5 Å². The Morgan fingerprint density at radius 2 is 1.73 bits per heavy atom. The van der Waals surface area contributed by atoms with Gasteiger partial charge >= 0.3 is 7.60 Å². The van der Waals surface area contributed by atoms with Crippen LogP contribution in [-0.2, 0) is 13.6 Å². The van der Waals surface area contributed by atoms with E-state index in [2.05, 4.69) is 22.6 Å². The second kappa shape index (κ2) is 5.51. The third kappa shape index (κ3) is 3.87. The van der Waals surface area contributed by atoms with Gasteiger partial charge in [-0.05, 0) is 20.8 Å². The molecule has 0 fully saturated rings. The van der Waals surface area contributed by atoms with E-state index in [-0.39, 0.29) is 3.67 Å². The van der Waals surface area contributed by atoms with Crippen LogP contribution < -0.4 is 0 Å². The maximum Gasteiger partial charge on any atom is 0.343 e. The highest BCUT2D eigenvalue weighted by Crippen LogP contribution is 2.55. The second-order valence-corrected chi connectivity index (χ2v) is 7.17. The van der Waals surface area contributed by atoms with E-state index < -0.39 is 7.60 Å². The van der Waals surface area contributed by atoms with Gasteiger partial charge in [0.15, 0.2) is 0 Å². The van der Waals surface area contributed by atoms with E-state index in [1.807, 2.05) is 20.8 Å². The van der Waals surface area contributed by atoms with Crippen molar-refractivity contribution in [3.05, 3.63) is 0 Å². The summed E-state index contributed by atoms with van der Waals surface area (Å²) in [5.74, 6) is 0. The van der Waals surface area contributed by atoms with Crippen LogP contribution in [0.3, 0.4) is 0 Å². The van der Waals surface area contributed by atoms with Crippen molar-refractivity contribution in [3.8, 4) is 0 Å². The molecule has 3 nitrogen and oxygen atoms in total. The molecule has 0 aromatic rings. The van der Waals surface area contributed by atoms with Crippen molar-refractivity contribution in [2.24, 2.45) is 0 Å². The van der Waals surface area contributed by atoms with E-state index in [9.17, 15) is 4.57 Å². The van der Waals surface area contributed by atoms with Crippen LogP contribution in [0.15, 0.2) is 0 Å². The molecule has 0 saturated carbocycles. The van der Waals surface area contributed by atoms with E-state index in [1.54, 1.807) is 0 Å². The summed E-state index contributed by atoms with van der Waals surface area (Å²) < 4.78 is 21.7. The zero-order valence-corrected chi connectivity index (χ0v) is 10.1. The van der Waals surface area contributed by atoms with E-state index >= 15 is 0 Å². The van der Waals surface area contributed by atoms with Crippen LogP contribution in [0.1, 0.15) is 20.8 Å². The lowest BCUT2D eigenvalue weighted by Gasteiger charge is -2.18. The molecule has 0 aromatic carbocycles. The molecule has 68 valence electrons. The molecule has 0 heterocycles. The lowest BCUT2D eigenvalue weighted by Crippen LogP contribution is -2.02. The second-order valence-electron chi connectivity index (χ2n) is 1.95. The molecule has 0 spiro atoms. The Bertz CT molecular complexity index is 139. The summed E-state index contributed by atoms with van der Waals surface area (Å²) in [6, 6.07) is 0. The Labute approximate surface area is 81.5 Å². The van der Waals surface area contributed by atoms with Crippen molar-refractivity contribution in [1.82, 2.24) is 0 Å². The largest absolute Gasteiger partial charge is 0.343 e. The van der Waals surface area contributed by atoms with Gasteiger partial charge < -0.3 is 9.05 Å². The van der Waals surface area contributed by atoms with E-state index in [1.165, 1.54) is 0 Å². The van der Waals surface area contributed by atoms with Crippen LogP contribution in [0.4, 0.5) is 0 Å². The Hall–Kier alpha value is 0.880. The van der Waals surface area contributed by atoms with Gasteiger partial charge in [-0.25, -0.2) is 0 Å². The first kappa shape index (κ1) is 11.9. The molecule has 0 amide bonds. The molecule has 0 aliphatic rings. The smallest absolute Gasteiger partial charge is 0.308 e. The molecular weight excluding hydrogens is 278 g/mol. The normalized spacial score (nSPS) is 14.9.